The van der Waals surface area contributed by atoms with E-state index in [0.29, 0.717) is 26.3 Å². The Balaban J connectivity index is 2.11. The van der Waals surface area contributed by atoms with E-state index in [4.69, 9.17) is 10.5 Å². The number of carbonyl (C=O) groups is 1. The van der Waals surface area contributed by atoms with Crippen LogP contribution in [0.2, 0.25) is 0 Å². The SMILES string of the molecule is CCc1nn(CC(=O)N2CCOCC2)c(CC)c1N. The first kappa shape index (κ1) is 13.9. The molecule has 6 nitrogen and oxygen atoms in total. The Hall–Kier alpha value is -1.56. The van der Waals surface area contributed by atoms with Crippen molar-refractivity contribution in [3.05, 3.63) is 11.4 Å². The Bertz CT molecular complexity index is 450. The molecule has 19 heavy (non-hydrogen) atoms. The van der Waals surface area contributed by atoms with Gasteiger partial charge in [-0.25, -0.2) is 0 Å². The van der Waals surface area contributed by atoms with Crippen molar-refractivity contribution in [3.8, 4) is 0 Å². The van der Waals surface area contributed by atoms with E-state index >= 15 is 0 Å². The molecule has 0 aromatic carbocycles. The third-order valence-electron chi connectivity index (χ3n) is 3.49. The lowest BCUT2D eigenvalue weighted by atomic mass is 10.2. The van der Waals surface area contributed by atoms with Crippen molar-refractivity contribution in [1.29, 1.82) is 0 Å². The molecule has 1 aliphatic heterocycles. The van der Waals surface area contributed by atoms with Gasteiger partial charge in [0.25, 0.3) is 0 Å². The summed E-state index contributed by atoms with van der Waals surface area (Å²) >= 11 is 0. The van der Waals surface area contributed by atoms with Crippen molar-refractivity contribution in [3.63, 3.8) is 0 Å². The Labute approximate surface area is 113 Å². The average Bonchev–Trinajstić information content (AvgIpc) is 2.75. The van der Waals surface area contributed by atoms with Gasteiger partial charge in [-0.05, 0) is 12.8 Å². The number of nitrogen functional groups attached to an aromatic ring is 1. The summed E-state index contributed by atoms with van der Waals surface area (Å²) in [6.45, 7) is 6.89. The lowest BCUT2D eigenvalue weighted by Crippen LogP contribution is -2.42. The number of rotatable bonds is 4. The van der Waals surface area contributed by atoms with Crippen LogP contribution in [0.25, 0.3) is 0 Å². The lowest BCUT2D eigenvalue weighted by molar-refractivity contribution is -0.136. The summed E-state index contributed by atoms with van der Waals surface area (Å²) in [4.78, 5) is 14.0. The van der Waals surface area contributed by atoms with Gasteiger partial charge in [-0.15, -0.1) is 0 Å². The van der Waals surface area contributed by atoms with Gasteiger partial charge in [0.1, 0.15) is 6.54 Å². The van der Waals surface area contributed by atoms with Crippen LogP contribution in [0.1, 0.15) is 25.2 Å². The van der Waals surface area contributed by atoms with E-state index in [0.717, 1.165) is 29.9 Å². The summed E-state index contributed by atoms with van der Waals surface area (Å²) in [5, 5.41) is 4.45. The molecule has 0 spiro atoms. The average molecular weight is 266 g/mol. The first-order valence-electron chi connectivity index (χ1n) is 6.86. The number of hydrogen-bond donors (Lipinski definition) is 1. The molecule has 2 heterocycles. The minimum atomic E-state index is 0.0863. The highest BCUT2D eigenvalue weighted by Crippen LogP contribution is 2.18. The Kier molecular flexibility index (Phi) is 4.42. The largest absolute Gasteiger partial charge is 0.396 e. The van der Waals surface area contributed by atoms with E-state index in [9.17, 15) is 4.79 Å². The van der Waals surface area contributed by atoms with Crippen molar-refractivity contribution >= 4 is 11.6 Å². The highest BCUT2D eigenvalue weighted by molar-refractivity contribution is 5.76. The number of hydrogen-bond acceptors (Lipinski definition) is 4. The summed E-state index contributed by atoms with van der Waals surface area (Å²) in [5.41, 5.74) is 8.63. The molecule has 0 bridgehead atoms. The second kappa shape index (κ2) is 6.06. The summed E-state index contributed by atoms with van der Waals surface area (Å²) in [6, 6.07) is 0. The zero-order valence-corrected chi connectivity index (χ0v) is 11.7. The van der Waals surface area contributed by atoms with E-state index in [1.54, 1.807) is 4.68 Å². The van der Waals surface area contributed by atoms with Crippen LogP contribution in [0.3, 0.4) is 0 Å². The molecular weight excluding hydrogens is 244 g/mol. The molecule has 2 rings (SSSR count). The maximum absolute atomic E-state index is 12.2. The Morgan fingerprint density at radius 1 is 1.32 bits per heavy atom. The van der Waals surface area contributed by atoms with Crippen LogP contribution in [0.5, 0.6) is 0 Å². The molecule has 1 saturated heterocycles. The van der Waals surface area contributed by atoms with Gasteiger partial charge in [-0.3, -0.25) is 9.48 Å². The quantitative estimate of drug-likeness (QED) is 0.858. The Morgan fingerprint density at radius 3 is 2.58 bits per heavy atom. The first-order chi connectivity index (χ1) is 9.17. The normalized spacial score (nSPS) is 15.8. The van der Waals surface area contributed by atoms with Crippen LogP contribution in [-0.2, 0) is 28.9 Å². The molecule has 1 aliphatic rings. The predicted octanol–water partition coefficient (Wildman–Crippen LogP) is 0.449. The molecule has 2 N–H and O–H groups in total. The standard InChI is InChI=1S/C13H22N4O2/c1-3-10-13(14)11(4-2)17(15-10)9-12(18)16-5-7-19-8-6-16/h3-9,14H2,1-2H3. The number of morpholine rings is 1. The van der Waals surface area contributed by atoms with Crippen LogP contribution in [0, 0.1) is 0 Å². The summed E-state index contributed by atoms with van der Waals surface area (Å²) in [6.07, 6.45) is 1.58. The van der Waals surface area contributed by atoms with Gasteiger partial charge in [-0.1, -0.05) is 13.8 Å². The number of amides is 1. The van der Waals surface area contributed by atoms with Gasteiger partial charge >= 0.3 is 0 Å². The Morgan fingerprint density at radius 2 is 2.00 bits per heavy atom. The molecular formula is C13H22N4O2. The van der Waals surface area contributed by atoms with Crippen LogP contribution in [0.15, 0.2) is 0 Å². The molecule has 0 unspecified atom stereocenters. The van der Waals surface area contributed by atoms with E-state index in [-0.39, 0.29) is 12.5 Å². The first-order valence-corrected chi connectivity index (χ1v) is 6.86. The topological polar surface area (TPSA) is 73.4 Å². The third-order valence-corrected chi connectivity index (χ3v) is 3.49. The lowest BCUT2D eigenvalue weighted by Gasteiger charge is -2.27. The second-order valence-corrected chi connectivity index (χ2v) is 4.66. The summed E-state index contributed by atoms with van der Waals surface area (Å²) in [7, 11) is 0. The number of aryl methyl sites for hydroxylation is 1. The third kappa shape index (κ3) is 2.89. The van der Waals surface area contributed by atoms with E-state index < -0.39 is 0 Å². The second-order valence-electron chi connectivity index (χ2n) is 4.66. The molecule has 0 atom stereocenters. The molecule has 1 fully saturated rings. The van der Waals surface area contributed by atoms with Gasteiger partial charge in [0.2, 0.25) is 5.91 Å². The minimum absolute atomic E-state index is 0.0863. The molecule has 0 aliphatic carbocycles. The molecule has 1 amide bonds. The van der Waals surface area contributed by atoms with Gasteiger partial charge in [0.15, 0.2) is 0 Å². The van der Waals surface area contributed by atoms with Crippen molar-refractivity contribution in [1.82, 2.24) is 14.7 Å². The molecule has 1 aromatic heterocycles. The van der Waals surface area contributed by atoms with E-state index in [2.05, 4.69) is 5.10 Å². The zero-order chi connectivity index (χ0) is 13.8. The number of aromatic nitrogens is 2. The molecule has 6 heteroatoms. The number of nitrogens with two attached hydrogens (primary N) is 1. The molecule has 0 saturated carbocycles. The number of carbonyl (C=O) groups excluding carboxylic acids is 1. The van der Waals surface area contributed by atoms with Gasteiger partial charge in [0.05, 0.1) is 30.3 Å². The fourth-order valence-electron chi connectivity index (χ4n) is 2.37. The highest BCUT2D eigenvalue weighted by Gasteiger charge is 2.20. The van der Waals surface area contributed by atoms with Crippen LogP contribution < -0.4 is 5.73 Å². The number of ether oxygens (including phenoxy) is 1. The molecule has 0 radical (unpaired) electrons. The monoisotopic (exact) mass is 266 g/mol. The molecule has 106 valence electrons. The van der Waals surface area contributed by atoms with Crippen molar-refractivity contribution in [2.24, 2.45) is 0 Å². The maximum Gasteiger partial charge on any atom is 0.244 e. The minimum Gasteiger partial charge on any atom is -0.396 e. The predicted molar refractivity (Wildman–Crippen MR) is 72.8 cm³/mol. The van der Waals surface area contributed by atoms with Crippen molar-refractivity contribution in [2.75, 3.05) is 32.0 Å². The van der Waals surface area contributed by atoms with E-state index in [1.807, 2.05) is 18.7 Å². The fourth-order valence-corrected chi connectivity index (χ4v) is 2.37. The zero-order valence-electron chi connectivity index (χ0n) is 11.7. The van der Waals surface area contributed by atoms with Crippen LogP contribution >= 0.6 is 0 Å². The van der Waals surface area contributed by atoms with Gasteiger partial charge in [-0.2, -0.15) is 5.10 Å². The van der Waals surface area contributed by atoms with Gasteiger partial charge in [0, 0.05) is 13.1 Å². The maximum atomic E-state index is 12.2. The number of anilines is 1. The number of nitrogens with zero attached hydrogens (tertiary/aromatic N) is 3. The smallest absolute Gasteiger partial charge is 0.244 e. The van der Waals surface area contributed by atoms with Crippen LogP contribution in [-0.4, -0.2) is 46.9 Å². The summed E-state index contributed by atoms with van der Waals surface area (Å²) < 4.78 is 7.01. The van der Waals surface area contributed by atoms with Crippen molar-refractivity contribution < 1.29 is 9.53 Å². The van der Waals surface area contributed by atoms with E-state index in [1.165, 1.54) is 0 Å². The fraction of sp³-hybridized carbons (Fsp3) is 0.692. The molecule has 1 aromatic rings. The van der Waals surface area contributed by atoms with Crippen molar-refractivity contribution in [2.45, 2.75) is 33.2 Å². The summed E-state index contributed by atoms with van der Waals surface area (Å²) in [5.74, 6) is 0.0863. The van der Waals surface area contributed by atoms with Crippen LogP contribution in [0.4, 0.5) is 5.69 Å². The van der Waals surface area contributed by atoms with Gasteiger partial charge < -0.3 is 15.4 Å². The highest BCUT2D eigenvalue weighted by atomic mass is 16.5.